The topological polar surface area (TPSA) is 42.5 Å². The second kappa shape index (κ2) is 2.68. The summed E-state index contributed by atoms with van der Waals surface area (Å²) in [6.45, 7) is 1.54. The molecule has 62 valence electrons. The first-order chi connectivity index (χ1) is 5.79. The molecule has 3 nitrogen and oxygen atoms in total. The number of epoxide rings is 1. The van der Waals surface area contributed by atoms with Crippen LogP contribution in [0.5, 0.6) is 0 Å². The van der Waals surface area contributed by atoms with Gasteiger partial charge in [0.25, 0.3) is 0 Å². The lowest BCUT2D eigenvalue weighted by Crippen LogP contribution is -2.01. The van der Waals surface area contributed by atoms with Gasteiger partial charge in [-0.15, -0.1) is 0 Å². The van der Waals surface area contributed by atoms with E-state index < -0.39 is 0 Å². The van der Waals surface area contributed by atoms with Crippen molar-refractivity contribution in [1.29, 1.82) is 0 Å². The Morgan fingerprint density at radius 3 is 2.92 bits per heavy atom. The van der Waals surface area contributed by atoms with Gasteiger partial charge < -0.3 is 4.74 Å². The molecule has 0 radical (unpaired) electrons. The molecule has 1 aliphatic heterocycles. The third-order valence-corrected chi connectivity index (χ3v) is 1.87. The number of Topliss-reactive ketones (excluding diaryl/α,β-unsaturated/α-hetero) is 1. The summed E-state index contributed by atoms with van der Waals surface area (Å²) in [6.07, 6.45) is 1.36. The first-order valence-electron chi connectivity index (χ1n) is 3.86. The summed E-state index contributed by atoms with van der Waals surface area (Å²) in [4.78, 5) is 14.9. The van der Waals surface area contributed by atoms with E-state index in [1.54, 1.807) is 6.20 Å². The van der Waals surface area contributed by atoms with Gasteiger partial charge in [0.05, 0.1) is 5.69 Å². The van der Waals surface area contributed by atoms with Crippen LogP contribution in [-0.4, -0.2) is 16.9 Å². The standard InChI is InChI=1S/C9H9NO2/c1-6(11)8-9(12-8)7-4-2-3-5-10-7/h2-5,8-9H,1H3/t8-,9-/m1/s1. The molecule has 0 spiro atoms. The normalized spacial score (nSPS) is 26.8. The first-order valence-corrected chi connectivity index (χ1v) is 3.86. The van der Waals surface area contributed by atoms with Crippen LogP contribution < -0.4 is 0 Å². The summed E-state index contributed by atoms with van der Waals surface area (Å²) in [6, 6.07) is 5.60. The van der Waals surface area contributed by atoms with Crippen LogP contribution in [0.1, 0.15) is 18.7 Å². The van der Waals surface area contributed by atoms with Crippen LogP contribution in [0.4, 0.5) is 0 Å². The van der Waals surface area contributed by atoms with Gasteiger partial charge in [-0.1, -0.05) is 6.07 Å². The molecule has 0 amide bonds. The molecular formula is C9H9NO2. The summed E-state index contributed by atoms with van der Waals surface area (Å²) in [7, 11) is 0. The molecule has 0 aliphatic carbocycles. The van der Waals surface area contributed by atoms with E-state index in [1.165, 1.54) is 6.92 Å². The number of pyridine rings is 1. The lowest BCUT2D eigenvalue weighted by atomic mass is 10.2. The van der Waals surface area contributed by atoms with Crippen LogP contribution >= 0.6 is 0 Å². The number of ether oxygens (including phenoxy) is 1. The molecule has 2 rings (SSSR count). The quantitative estimate of drug-likeness (QED) is 0.613. The first kappa shape index (κ1) is 7.43. The van der Waals surface area contributed by atoms with E-state index in [1.807, 2.05) is 18.2 Å². The molecule has 0 saturated carbocycles. The molecule has 2 atom stereocenters. The minimum Gasteiger partial charge on any atom is -0.355 e. The SMILES string of the molecule is CC(=O)[C@H]1O[C@@H]1c1ccccn1. The number of nitrogens with zero attached hydrogens (tertiary/aromatic N) is 1. The minimum absolute atomic E-state index is 0.0747. The average molecular weight is 163 g/mol. The lowest BCUT2D eigenvalue weighted by Gasteiger charge is -1.90. The number of carbonyl (C=O) groups excluding carboxylic acids is 1. The predicted molar refractivity (Wildman–Crippen MR) is 42.5 cm³/mol. The van der Waals surface area contributed by atoms with Crippen LogP contribution in [0.2, 0.25) is 0 Å². The molecule has 0 aromatic carbocycles. The number of hydrogen-bond acceptors (Lipinski definition) is 3. The zero-order valence-corrected chi connectivity index (χ0v) is 6.73. The number of aromatic nitrogens is 1. The van der Waals surface area contributed by atoms with Crippen LogP contribution in [0, 0.1) is 0 Å². The van der Waals surface area contributed by atoms with Gasteiger partial charge in [0, 0.05) is 6.20 Å². The fourth-order valence-electron chi connectivity index (χ4n) is 1.19. The largest absolute Gasteiger partial charge is 0.355 e. The van der Waals surface area contributed by atoms with Crippen LogP contribution in [0.25, 0.3) is 0 Å². The maximum absolute atomic E-state index is 10.8. The zero-order chi connectivity index (χ0) is 8.55. The Balaban J connectivity index is 2.11. The highest BCUT2D eigenvalue weighted by molar-refractivity contribution is 5.83. The van der Waals surface area contributed by atoms with Gasteiger partial charge in [0.15, 0.2) is 5.78 Å². The highest BCUT2D eigenvalue weighted by atomic mass is 16.6. The second-order valence-corrected chi connectivity index (χ2v) is 2.84. The van der Waals surface area contributed by atoms with Crippen molar-refractivity contribution in [2.75, 3.05) is 0 Å². The highest BCUT2D eigenvalue weighted by Crippen LogP contribution is 2.37. The summed E-state index contributed by atoms with van der Waals surface area (Å²) in [5.41, 5.74) is 0.845. The second-order valence-electron chi connectivity index (χ2n) is 2.84. The molecular weight excluding hydrogens is 154 g/mol. The molecule has 2 heterocycles. The molecule has 1 aromatic heterocycles. The van der Waals surface area contributed by atoms with Gasteiger partial charge in [-0.3, -0.25) is 9.78 Å². The van der Waals surface area contributed by atoms with Gasteiger partial charge in [0.1, 0.15) is 12.2 Å². The number of hydrogen-bond donors (Lipinski definition) is 0. The van der Waals surface area contributed by atoms with Crippen LogP contribution in [0.15, 0.2) is 24.4 Å². The molecule has 0 bridgehead atoms. The van der Waals surface area contributed by atoms with E-state index in [9.17, 15) is 4.79 Å². The van der Waals surface area contributed by atoms with E-state index in [0.29, 0.717) is 0 Å². The Hall–Kier alpha value is -1.22. The summed E-state index contributed by atoms with van der Waals surface area (Å²) in [5, 5.41) is 0. The van der Waals surface area contributed by atoms with Gasteiger partial charge in [0.2, 0.25) is 0 Å². The number of carbonyl (C=O) groups is 1. The zero-order valence-electron chi connectivity index (χ0n) is 6.73. The van der Waals surface area contributed by atoms with Crippen molar-refractivity contribution < 1.29 is 9.53 Å². The van der Waals surface area contributed by atoms with Crippen molar-refractivity contribution >= 4 is 5.78 Å². The molecule has 0 unspecified atom stereocenters. The summed E-state index contributed by atoms with van der Waals surface area (Å²) >= 11 is 0. The van der Waals surface area contributed by atoms with Gasteiger partial charge >= 0.3 is 0 Å². The fraction of sp³-hybridized carbons (Fsp3) is 0.333. The molecule has 3 heteroatoms. The van der Waals surface area contributed by atoms with Crippen molar-refractivity contribution in [3.05, 3.63) is 30.1 Å². The van der Waals surface area contributed by atoms with Crippen LogP contribution in [0.3, 0.4) is 0 Å². The molecule has 1 aromatic rings. The van der Waals surface area contributed by atoms with Gasteiger partial charge in [-0.2, -0.15) is 0 Å². The Morgan fingerprint density at radius 2 is 2.42 bits per heavy atom. The molecule has 1 saturated heterocycles. The van der Waals surface area contributed by atoms with Crippen molar-refractivity contribution in [2.24, 2.45) is 0 Å². The van der Waals surface area contributed by atoms with E-state index in [4.69, 9.17) is 4.74 Å². The Kier molecular flexibility index (Phi) is 1.66. The smallest absolute Gasteiger partial charge is 0.161 e. The highest BCUT2D eigenvalue weighted by Gasteiger charge is 2.44. The monoisotopic (exact) mass is 163 g/mol. The third kappa shape index (κ3) is 1.23. The average Bonchev–Trinajstić information content (AvgIpc) is 2.84. The van der Waals surface area contributed by atoms with E-state index in [-0.39, 0.29) is 18.0 Å². The summed E-state index contributed by atoms with van der Waals surface area (Å²) in [5.74, 6) is 0.0747. The van der Waals surface area contributed by atoms with E-state index in [0.717, 1.165) is 5.69 Å². The van der Waals surface area contributed by atoms with Gasteiger partial charge in [-0.25, -0.2) is 0 Å². The van der Waals surface area contributed by atoms with Crippen molar-refractivity contribution in [3.8, 4) is 0 Å². The van der Waals surface area contributed by atoms with Crippen LogP contribution in [-0.2, 0) is 9.53 Å². The van der Waals surface area contributed by atoms with E-state index in [2.05, 4.69) is 4.98 Å². The molecule has 1 aliphatic rings. The predicted octanol–water partition coefficient (Wildman–Crippen LogP) is 1.11. The third-order valence-electron chi connectivity index (χ3n) is 1.87. The van der Waals surface area contributed by atoms with E-state index >= 15 is 0 Å². The number of ketones is 1. The molecule has 0 N–H and O–H groups in total. The Morgan fingerprint density at radius 1 is 1.58 bits per heavy atom. The summed E-state index contributed by atoms with van der Waals surface area (Å²) < 4.78 is 5.15. The fourth-order valence-corrected chi connectivity index (χ4v) is 1.19. The van der Waals surface area contributed by atoms with Gasteiger partial charge in [-0.05, 0) is 19.1 Å². The maximum atomic E-state index is 10.8. The lowest BCUT2D eigenvalue weighted by molar-refractivity contribution is -0.118. The molecule has 12 heavy (non-hydrogen) atoms. The molecule has 1 fully saturated rings. The number of rotatable bonds is 2. The van der Waals surface area contributed by atoms with Crippen molar-refractivity contribution in [1.82, 2.24) is 4.98 Å². The Labute approximate surface area is 70.4 Å². The Bertz CT molecular complexity index is 297. The maximum Gasteiger partial charge on any atom is 0.161 e. The van der Waals surface area contributed by atoms with Crippen molar-refractivity contribution in [2.45, 2.75) is 19.1 Å². The minimum atomic E-state index is -0.250. The van der Waals surface area contributed by atoms with Crippen molar-refractivity contribution in [3.63, 3.8) is 0 Å².